The van der Waals surface area contributed by atoms with Crippen LogP contribution in [0.4, 0.5) is 0 Å². The molecule has 1 heterocycles. The van der Waals surface area contributed by atoms with Gasteiger partial charge in [0.2, 0.25) is 0 Å². The molecule has 1 aliphatic rings. The van der Waals surface area contributed by atoms with E-state index in [9.17, 15) is 5.11 Å². The van der Waals surface area contributed by atoms with E-state index in [2.05, 4.69) is 18.7 Å². The van der Waals surface area contributed by atoms with Crippen LogP contribution >= 0.6 is 0 Å². The van der Waals surface area contributed by atoms with Gasteiger partial charge in [-0.3, -0.25) is 4.90 Å². The molecule has 0 spiro atoms. The predicted octanol–water partition coefficient (Wildman–Crippen LogP) is 1.49. The van der Waals surface area contributed by atoms with Crippen molar-refractivity contribution in [1.82, 2.24) is 4.90 Å². The monoisotopic (exact) mass is 171 g/mol. The van der Waals surface area contributed by atoms with Crippen molar-refractivity contribution >= 4 is 0 Å². The average Bonchev–Trinajstić information content (AvgIpc) is 2.30. The molecule has 12 heavy (non-hydrogen) atoms. The maximum Gasteiger partial charge on any atom is 0.0664 e. The first-order chi connectivity index (χ1) is 5.63. The van der Waals surface area contributed by atoms with Gasteiger partial charge < -0.3 is 5.11 Å². The van der Waals surface area contributed by atoms with E-state index in [1.165, 1.54) is 6.42 Å². The fraction of sp³-hybridized carbons (Fsp3) is 1.00. The van der Waals surface area contributed by atoms with Crippen LogP contribution in [-0.2, 0) is 0 Å². The molecule has 0 bridgehead atoms. The van der Waals surface area contributed by atoms with Crippen LogP contribution in [0.2, 0.25) is 0 Å². The second kappa shape index (κ2) is 4.24. The number of likely N-dealkylation sites (tertiary alicyclic amines) is 1. The van der Waals surface area contributed by atoms with Crippen molar-refractivity contribution in [2.24, 2.45) is 5.92 Å². The van der Waals surface area contributed by atoms with Crippen molar-refractivity contribution in [2.75, 3.05) is 13.1 Å². The first-order valence-corrected chi connectivity index (χ1v) is 5.05. The summed E-state index contributed by atoms with van der Waals surface area (Å²) in [6.45, 7) is 8.61. The van der Waals surface area contributed by atoms with Crippen molar-refractivity contribution in [3.63, 3.8) is 0 Å². The summed E-state index contributed by atoms with van der Waals surface area (Å²) in [6.07, 6.45) is 2.03. The Labute approximate surface area is 75.6 Å². The largest absolute Gasteiger partial charge is 0.392 e. The zero-order valence-electron chi connectivity index (χ0n) is 8.45. The van der Waals surface area contributed by atoms with Crippen molar-refractivity contribution in [2.45, 2.75) is 45.8 Å². The lowest BCUT2D eigenvalue weighted by Crippen LogP contribution is -2.34. The van der Waals surface area contributed by atoms with E-state index in [-0.39, 0.29) is 6.10 Å². The number of hydrogen-bond donors (Lipinski definition) is 1. The van der Waals surface area contributed by atoms with Gasteiger partial charge in [-0.05, 0) is 25.7 Å². The van der Waals surface area contributed by atoms with Crippen LogP contribution < -0.4 is 0 Å². The number of hydrogen-bond acceptors (Lipinski definition) is 2. The molecule has 0 amide bonds. The van der Waals surface area contributed by atoms with Crippen LogP contribution in [0, 0.1) is 5.92 Å². The Morgan fingerprint density at radius 1 is 1.50 bits per heavy atom. The van der Waals surface area contributed by atoms with Gasteiger partial charge in [0, 0.05) is 19.1 Å². The number of nitrogens with zero attached hydrogens (tertiary/aromatic N) is 1. The van der Waals surface area contributed by atoms with E-state index in [1.807, 2.05) is 6.92 Å². The zero-order valence-corrected chi connectivity index (χ0v) is 8.45. The van der Waals surface area contributed by atoms with Gasteiger partial charge in [-0.25, -0.2) is 0 Å². The topological polar surface area (TPSA) is 23.5 Å². The van der Waals surface area contributed by atoms with E-state index in [4.69, 9.17) is 0 Å². The highest BCUT2D eigenvalue weighted by molar-refractivity contribution is 4.81. The lowest BCUT2D eigenvalue weighted by Gasteiger charge is -2.23. The van der Waals surface area contributed by atoms with Crippen molar-refractivity contribution in [3.05, 3.63) is 0 Å². The van der Waals surface area contributed by atoms with Gasteiger partial charge in [-0.1, -0.05) is 13.8 Å². The number of aliphatic hydroxyl groups excluding tert-OH is 1. The lowest BCUT2D eigenvalue weighted by molar-refractivity contribution is 0.105. The molecule has 1 rings (SSSR count). The third-order valence-corrected chi connectivity index (χ3v) is 2.83. The third-order valence-electron chi connectivity index (χ3n) is 2.83. The standard InChI is InChI=1S/C10H21NO/c1-4-10(12)7-11-6-8(2)5-9(11)3/h8-10,12H,4-7H2,1-3H3/t8?,9?,10-/m1/s1. The molecule has 1 saturated heterocycles. The summed E-state index contributed by atoms with van der Waals surface area (Å²) in [6, 6.07) is 0.668. The maximum absolute atomic E-state index is 9.48. The molecular weight excluding hydrogens is 150 g/mol. The highest BCUT2D eigenvalue weighted by atomic mass is 16.3. The van der Waals surface area contributed by atoms with Gasteiger partial charge in [0.25, 0.3) is 0 Å². The molecule has 0 aromatic rings. The molecular formula is C10H21NO. The summed E-state index contributed by atoms with van der Waals surface area (Å²) in [5, 5.41) is 9.48. The van der Waals surface area contributed by atoms with Crippen molar-refractivity contribution < 1.29 is 5.11 Å². The molecule has 0 aliphatic carbocycles. The number of β-amino-alcohol motifs (C(OH)–C–C–N with tert-alkyl or cyclic N) is 1. The fourth-order valence-corrected chi connectivity index (χ4v) is 2.04. The summed E-state index contributed by atoms with van der Waals surface area (Å²) >= 11 is 0. The van der Waals surface area contributed by atoms with Gasteiger partial charge in [0.1, 0.15) is 0 Å². The molecule has 2 nitrogen and oxygen atoms in total. The van der Waals surface area contributed by atoms with Crippen LogP contribution in [-0.4, -0.2) is 35.2 Å². The van der Waals surface area contributed by atoms with Gasteiger partial charge in [0.15, 0.2) is 0 Å². The second-order valence-corrected chi connectivity index (χ2v) is 4.21. The quantitative estimate of drug-likeness (QED) is 0.695. The van der Waals surface area contributed by atoms with E-state index >= 15 is 0 Å². The van der Waals surface area contributed by atoms with Crippen LogP contribution in [0.3, 0.4) is 0 Å². The fourth-order valence-electron chi connectivity index (χ4n) is 2.04. The average molecular weight is 171 g/mol. The normalized spacial score (nSPS) is 34.0. The van der Waals surface area contributed by atoms with Gasteiger partial charge in [-0.2, -0.15) is 0 Å². The zero-order chi connectivity index (χ0) is 9.14. The van der Waals surface area contributed by atoms with Crippen LogP contribution in [0.15, 0.2) is 0 Å². The predicted molar refractivity (Wildman–Crippen MR) is 51.1 cm³/mol. The Hall–Kier alpha value is -0.0800. The first-order valence-electron chi connectivity index (χ1n) is 5.05. The minimum Gasteiger partial charge on any atom is -0.392 e. The van der Waals surface area contributed by atoms with E-state index in [1.54, 1.807) is 0 Å². The molecule has 2 unspecified atom stereocenters. The molecule has 0 aromatic heterocycles. The van der Waals surface area contributed by atoms with Crippen LogP contribution in [0.25, 0.3) is 0 Å². The summed E-state index contributed by atoms with van der Waals surface area (Å²) in [4.78, 5) is 2.40. The van der Waals surface area contributed by atoms with Gasteiger partial charge >= 0.3 is 0 Å². The SMILES string of the molecule is CC[C@@H](O)CN1CC(C)CC1C. The number of aliphatic hydroxyl groups is 1. The molecule has 1 N–H and O–H groups in total. The summed E-state index contributed by atoms with van der Waals surface area (Å²) in [5.74, 6) is 0.809. The van der Waals surface area contributed by atoms with E-state index < -0.39 is 0 Å². The highest BCUT2D eigenvalue weighted by Gasteiger charge is 2.26. The Morgan fingerprint density at radius 3 is 2.58 bits per heavy atom. The Kier molecular flexibility index (Phi) is 3.53. The van der Waals surface area contributed by atoms with Gasteiger partial charge in [0.05, 0.1) is 6.10 Å². The molecule has 0 saturated carbocycles. The Morgan fingerprint density at radius 2 is 2.17 bits per heavy atom. The van der Waals surface area contributed by atoms with Crippen molar-refractivity contribution in [1.29, 1.82) is 0 Å². The smallest absolute Gasteiger partial charge is 0.0664 e. The van der Waals surface area contributed by atoms with E-state index in [0.29, 0.717) is 6.04 Å². The minimum absolute atomic E-state index is 0.127. The molecule has 1 aliphatic heterocycles. The van der Waals surface area contributed by atoms with E-state index in [0.717, 1.165) is 25.4 Å². The highest BCUT2D eigenvalue weighted by Crippen LogP contribution is 2.22. The maximum atomic E-state index is 9.48. The molecule has 3 atom stereocenters. The number of rotatable bonds is 3. The molecule has 1 fully saturated rings. The summed E-state index contributed by atoms with van der Waals surface area (Å²) in [7, 11) is 0. The van der Waals surface area contributed by atoms with Crippen LogP contribution in [0.5, 0.6) is 0 Å². The second-order valence-electron chi connectivity index (χ2n) is 4.21. The van der Waals surface area contributed by atoms with Crippen LogP contribution in [0.1, 0.15) is 33.6 Å². The Bertz CT molecular complexity index is 138. The van der Waals surface area contributed by atoms with Crippen molar-refractivity contribution in [3.8, 4) is 0 Å². The summed E-state index contributed by atoms with van der Waals surface area (Å²) in [5.41, 5.74) is 0. The third kappa shape index (κ3) is 2.46. The lowest BCUT2D eigenvalue weighted by atomic mass is 10.1. The Balaban J connectivity index is 2.32. The molecule has 0 aromatic carbocycles. The molecule has 72 valence electrons. The molecule has 0 radical (unpaired) electrons. The minimum atomic E-state index is -0.127. The first kappa shape index (κ1) is 10.0. The van der Waals surface area contributed by atoms with Gasteiger partial charge in [-0.15, -0.1) is 0 Å². The summed E-state index contributed by atoms with van der Waals surface area (Å²) < 4.78 is 0. The molecule has 2 heteroatoms.